The van der Waals surface area contributed by atoms with E-state index in [1.165, 1.54) is 29.5 Å². The van der Waals surface area contributed by atoms with Gasteiger partial charge in [-0.15, -0.1) is 11.3 Å². The topological polar surface area (TPSA) is 127 Å². The minimum Gasteiger partial charge on any atom is -0.494 e. The van der Waals surface area contributed by atoms with Crippen LogP contribution in [0, 0.1) is 10.1 Å². The number of unbranched alkanes of at least 4 members (excludes halogenated alkanes) is 2. The van der Waals surface area contributed by atoms with Crippen molar-refractivity contribution in [3.05, 3.63) is 69.6 Å². The number of nitro benzene ring substituents is 1. The summed E-state index contributed by atoms with van der Waals surface area (Å²) in [6.07, 6.45) is 3.05. The molecule has 0 saturated heterocycles. The van der Waals surface area contributed by atoms with Crippen LogP contribution in [0.2, 0.25) is 0 Å². The number of para-hydroxylation sites is 1. The molecule has 0 saturated carbocycles. The number of rotatable bonds is 13. The molecule has 0 fully saturated rings. The number of anilines is 1. The normalized spacial score (nSPS) is 11.3. The Morgan fingerprint density at radius 1 is 1.18 bits per heavy atom. The zero-order chi connectivity index (χ0) is 24.3. The zero-order valence-electron chi connectivity index (χ0n) is 18.1. The molecule has 0 atom stereocenters. The predicted octanol–water partition coefficient (Wildman–Crippen LogP) is 5.76. The molecule has 2 aromatic carbocycles. The molecule has 0 aliphatic rings. The van der Waals surface area contributed by atoms with Gasteiger partial charge in [-0.05, 0) is 43.5 Å². The molecule has 0 bridgehead atoms. The van der Waals surface area contributed by atoms with Crippen LogP contribution in [0.15, 0.2) is 59.0 Å². The third-order valence-corrected chi connectivity index (χ3v) is 6.09. The molecule has 3 rings (SSSR count). The van der Waals surface area contributed by atoms with E-state index in [9.17, 15) is 20.0 Å². The number of ether oxygens (including phenoxy) is 1. The monoisotopic (exact) mass is 546 g/mol. The van der Waals surface area contributed by atoms with Crippen molar-refractivity contribution in [1.29, 1.82) is 0 Å². The second kappa shape index (κ2) is 12.8. The quantitative estimate of drug-likeness (QED) is 0.0916. The number of halogens is 1. The standard InChI is InChI=1S/C23H23BrN4O5S/c24-12-4-1-5-13-33-18-10-8-16(9-11-18)20-15-34-23(25-20)27-26-19(22(29)30)14-17-6-2-3-7-21(17)28(31)32/h2-3,6-11,15H,1,4-5,12-14H2,(H,25,27)(H,29,30)/b26-19-. The number of hydrazone groups is 1. The summed E-state index contributed by atoms with van der Waals surface area (Å²) in [6, 6.07) is 13.6. The highest BCUT2D eigenvalue weighted by atomic mass is 79.9. The van der Waals surface area contributed by atoms with Gasteiger partial charge >= 0.3 is 5.97 Å². The number of nitro groups is 1. The largest absolute Gasteiger partial charge is 0.494 e. The molecule has 0 unspecified atom stereocenters. The summed E-state index contributed by atoms with van der Waals surface area (Å²) >= 11 is 4.69. The number of carboxylic acid groups (broad SMARTS) is 1. The maximum atomic E-state index is 11.6. The molecule has 178 valence electrons. The summed E-state index contributed by atoms with van der Waals surface area (Å²) in [7, 11) is 0. The van der Waals surface area contributed by atoms with Crippen molar-refractivity contribution in [3.63, 3.8) is 0 Å². The van der Waals surface area contributed by atoms with Gasteiger partial charge in [-0.25, -0.2) is 9.78 Å². The van der Waals surface area contributed by atoms with E-state index >= 15 is 0 Å². The molecule has 0 aliphatic heterocycles. The molecule has 0 amide bonds. The predicted molar refractivity (Wildman–Crippen MR) is 136 cm³/mol. The lowest BCUT2D eigenvalue weighted by Gasteiger charge is -2.06. The highest BCUT2D eigenvalue weighted by Gasteiger charge is 2.18. The summed E-state index contributed by atoms with van der Waals surface area (Å²) in [5, 5.41) is 27.8. The third kappa shape index (κ3) is 7.35. The van der Waals surface area contributed by atoms with Gasteiger partial charge in [-0.2, -0.15) is 5.10 Å². The Labute approximate surface area is 208 Å². The Hall–Kier alpha value is -3.31. The Morgan fingerprint density at radius 3 is 2.65 bits per heavy atom. The van der Waals surface area contributed by atoms with E-state index < -0.39 is 10.9 Å². The fourth-order valence-corrected chi connectivity index (χ4v) is 4.10. The lowest BCUT2D eigenvalue weighted by molar-refractivity contribution is -0.385. The minimum absolute atomic E-state index is 0.153. The van der Waals surface area contributed by atoms with Crippen molar-refractivity contribution in [2.75, 3.05) is 17.4 Å². The van der Waals surface area contributed by atoms with Gasteiger partial charge in [-0.3, -0.25) is 15.5 Å². The SMILES string of the molecule is O=C(O)/C(Cc1ccccc1[N+](=O)[O-])=N\Nc1nc(-c2ccc(OCCCCCBr)cc2)cs1. The zero-order valence-corrected chi connectivity index (χ0v) is 20.5. The number of nitrogens with zero attached hydrogens (tertiary/aromatic N) is 3. The number of thiazole rings is 1. The fourth-order valence-electron chi connectivity index (χ4n) is 3.04. The van der Waals surface area contributed by atoms with Gasteiger partial charge < -0.3 is 9.84 Å². The van der Waals surface area contributed by atoms with Crippen molar-refractivity contribution < 1.29 is 19.6 Å². The number of benzene rings is 2. The maximum absolute atomic E-state index is 11.6. The van der Waals surface area contributed by atoms with Crippen LogP contribution in [0.25, 0.3) is 11.3 Å². The molecule has 3 aromatic rings. The molecule has 2 N–H and O–H groups in total. The van der Waals surface area contributed by atoms with Crippen LogP contribution in [0.4, 0.5) is 10.8 Å². The van der Waals surface area contributed by atoms with Crippen molar-refractivity contribution >= 4 is 49.8 Å². The summed E-state index contributed by atoms with van der Waals surface area (Å²) in [5.41, 5.74) is 4.11. The van der Waals surface area contributed by atoms with Crippen molar-refractivity contribution in [2.45, 2.75) is 25.7 Å². The Bertz CT molecular complexity index is 1150. The molecule has 11 heteroatoms. The number of alkyl halides is 1. The first kappa shape index (κ1) is 25.3. The first-order valence-corrected chi connectivity index (χ1v) is 12.5. The molecule has 34 heavy (non-hydrogen) atoms. The van der Waals surface area contributed by atoms with Crippen LogP contribution in [0.1, 0.15) is 24.8 Å². The number of nitrogens with one attached hydrogen (secondary N) is 1. The van der Waals surface area contributed by atoms with Gasteiger partial charge in [0.05, 0.1) is 17.2 Å². The number of aromatic nitrogens is 1. The molecule has 0 aliphatic carbocycles. The van der Waals surface area contributed by atoms with Gasteiger partial charge in [0, 0.05) is 34.3 Å². The van der Waals surface area contributed by atoms with Crippen molar-refractivity contribution in [2.24, 2.45) is 5.10 Å². The third-order valence-electron chi connectivity index (χ3n) is 4.78. The molecule has 0 radical (unpaired) electrons. The van der Waals surface area contributed by atoms with Gasteiger partial charge in [0.25, 0.3) is 5.69 Å². The van der Waals surface area contributed by atoms with Gasteiger partial charge in [-0.1, -0.05) is 34.1 Å². The maximum Gasteiger partial charge on any atom is 0.352 e. The van der Waals surface area contributed by atoms with Crippen LogP contribution in [-0.2, 0) is 11.2 Å². The first-order chi connectivity index (χ1) is 16.5. The van der Waals surface area contributed by atoms with E-state index in [0.29, 0.717) is 17.4 Å². The highest BCUT2D eigenvalue weighted by molar-refractivity contribution is 9.09. The molecule has 0 spiro atoms. The molecular weight excluding hydrogens is 524 g/mol. The van der Waals surface area contributed by atoms with E-state index in [-0.39, 0.29) is 23.4 Å². The van der Waals surface area contributed by atoms with Gasteiger partial charge in [0.15, 0.2) is 0 Å². The number of carbonyl (C=O) groups is 1. The van der Waals surface area contributed by atoms with E-state index in [0.717, 1.165) is 35.9 Å². The van der Waals surface area contributed by atoms with Gasteiger partial charge in [0.1, 0.15) is 11.5 Å². The first-order valence-electron chi connectivity index (χ1n) is 10.5. The molecule has 9 nitrogen and oxygen atoms in total. The minimum atomic E-state index is -1.27. The van der Waals surface area contributed by atoms with E-state index in [2.05, 4.69) is 31.4 Å². The Kier molecular flexibility index (Phi) is 9.53. The van der Waals surface area contributed by atoms with E-state index in [4.69, 9.17) is 4.74 Å². The number of aliphatic carboxylic acids is 1. The Morgan fingerprint density at radius 2 is 1.94 bits per heavy atom. The second-order valence-corrected chi connectivity index (χ2v) is 8.85. The van der Waals surface area contributed by atoms with Crippen molar-refractivity contribution in [3.8, 4) is 17.0 Å². The average Bonchev–Trinajstić information content (AvgIpc) is 3.31. The molecular formula is C23H23BrN4O5S. The number of hydrogen-bond acceptors (Lipinski definition) is 8. The van der Waals surface area contributed by atoms with Gasteiger partial charge in [0.2, 0.25) is 5.13 Å². The number of hydrogen-bond donors (Lipinski definition) is 2. The average molecular weight is 547 g/mol. The molecule has 1 aromatic heterocycles. The Balaban J connectivity index is 1.63. The lowest BCUT2D eigenvalue weighted by Crippen LogP contribution is -2.18. The van der Waals surface area contributed by atoms with Crippen LogP contribution < -0.4 is 10.2 Å². The van der Waals surface area contributed by atoms with Crippen molar-refractivity contribution in [1.82, 2.24) is 4.98 Å². The molecule has 1 heterocycles. The summed E-state index contributed by atoms with van der Waals surface area (Å²) in [5.74, 6) is -0.480. The van der Waals surface area contributed by atoms with Crippen LogP contribution in [0.3, 0.4) is 0 Å². The van der Waals surface area contributed by atoms with E-state index in [1.807, 2.05) is 29.6 Å². The van der Waals surface area contributed by atoms with E-state index in [1.54, 1.807) is 6.07 Å². The summed E-state index contributed by atoms with van der Waals surface area (Å²) < 4.78 is 5.75. The van der Waals surface area contributed by atoms with Crippen LogP contribution >= 0.6 is 27.3 Å². The summed E-state index contributed by atoms with van der Waals surface area (Å²) in [6.45, 7) is 0.674. The lowest BCUT2D eigenvalue weighted by atomic mass is 10.1. The van der Waals surface area contributed by atoms with Crippen LogP contribution in [-0.4, -0.2) is 38.6 Å². The fraction of sp³-hybridized carbons (Fsp3) is 0.261. The van der Waals surface area contributed by atoms with Crippen LogP contribution in [0.5, 0.6) is 5.75 Å². The smallest absolute Gasteiger partial charge is 0.352 e. The second-order valence-electron chi connectivity index (χ2n) is 7.20. The number of carboxylic acids is 1. The highest BCUT2D eigenvalue weighted by Crippen LogP contribution is 2.27. The summed E-state index contributed by atoms with van der Waals surface area (Å²) in [4.78, 5) is 26.7.